The topological polar surface area (TPSA) is 131 Å². The zero-order valence-electron chi connectivity index (χ0n) is 20.6. The van der Waals surface area contributed by atoms with E-state index in [9.17, 15) is 19.8 Å². The van der Waals surface area contributed by atoms with Crippen LogP contribution in [0.15, 0.2) is 66.7 Å². The predicted molar refractivity (Wildman–Crippen MR) is 145 cm³/mol. The molecular weight excluding hydrogens is 480 g/mol. The predicted octanol–water partition coefficient (Wildman–Crippen LogP) is 5.93. The maximum atomic E-state index is 11.7. The molecule has 1 aliphatic rings. The number of nitrogens with zero attached hydrogens (tertiary/aromatic N) is 3. The van der Waals surface area contributed by atoms with Crippen molar-refractivity contribution in [3.63, 3.8) is 0 Å². The van der Waals surface area contributed by atoms with Gasteiger partial charge in [0.2, 0.25) is 0 Å². The van der Waals surface area contributed by atoms with Gasteiger partial charge in [0, 0.05) is 22.6 Å². The van der Waals surface area contributed by atoms with Gasteiger partial charge in [-0.3, -0.25) is 4.79 Å². The molecule has 3 aromatic carbocycles. The number of primary amides is 1. The molecule has 2 aromatic heterocycles. The minimum atomic E-state index is -0.968. The zero-order chi connectivity index (χ0) is 26.4. The van der Waals surface area contributed by atoms with Crippen LogP contribution in [-0.2, 0) is 0 Å². The summed E-state index contributed by atoms with van der Waals surface area (Å²) in [5.41, 5.74) is 10.3. The molecule has 1 amide bonds. The van der Waals surface area contributed by atoms with E-state index in [1.807, 2.05) is 30.3 Å². The Balaban J connectivity index is 1.45. The Morgan fingerprint density at radius 1 is 0.842 bits per heavy atom. The second-order valence-corrected chi connectivity index (χ2v) is 9.81. The van der Waals surface area contributed by atoms with Gasteiger partial charge in [-0.15, -0.1) is 0 Å². The number of imidazole rings is 1. The Bertz CT molecular complexity index is 1730. The lowest BCUT2D eigenvalue weighted by molar-refractivity contribution is 0.0696. The van der Waals surface area contributed by atoms with Gasteiger partial charge in [0.05, 0.1) is 33.4 Å². The summed E-state index contributed by atoms with van der Waals surface area (Å²) < 4.78 is 2.28. The number of aromatic nitrogens is 3. The molecule has 0 radical (unpaired) electrons. The van der Waals surface area contributed by atoms with Crippen molar-refractivity contribution in [1.82, 2.24) is 14.5 Å². The number of nitrogens with two attached hydrogens (primary N) is 1. The summed E-state index contributed by atoms with van der Waals surface area (Å²) in [5.74, 6) is -1.01. The first-order valence-electron chi connectivity index (χ1n) is 12.7. The standard InChI is InChI=1S/C30H26N4O4/c31-28(36)22-15-18(9-13-27(22)35)24-10-6-17-14-19(7-11-23(17)32-24)29-33-25-16-20(30(37)38)8-12-26(25)34(29)21-4-2-1-3-5-21/h6-16,21,35H,1-5H2,(H2,31,36)(H,37,38). The number of pyridine rings is 1. The molecule has 5 aromatic rings. The van der Waals surface area contributed by atoms with Crippen molar-refractivity contribution in [1.29, 1.82) is 0 Å². The van der Waals surface area contributed by atoms with Crippen molar-refractivity contribution in [2.45, 2.75) is 38.1 Å². The molecule has 4 N–H and O–H groups in total. The largest absolute Gasteiger partial charge is 0.507 e. The molecule has 0 atom stereocenters. The molecule has 1 fully saturated rings. The number of aromatic hydroxyl groups is 1. The lowest BCUT2D eigenvalue weighted by Gasteiger charge is -2.25. The highest BCUT2D eigenvalue weighted by atomic mass is 16.4. The van der Waals surface area contributed by atoms with E-state index in [1.165, 1.54) is 18.6 Å². The SMILES string of the molecule is NC(=O)c1cc(-c2ccc3cc(-c4nc5cc(C(=O)O)ccc5n4C4CCCCC4)ccc3n2)ccc1O. The van der Waals surface area contributed by atoms with Crippen LogP contribution in [0, 0.1) is 0 Å². The summed E-state index contributed by atoms with van der Waals surface area (Å²) in [4.78, 5) is 32.9. The number of hydrogen-bond donors (Lipinski definition) is 3. The summed E-state index contributed by atoms with van der Waals surface area (Å²) in [5, 5.41) is 20.3. The van der Waals surface area contributed by atoms with E-state index < -0.39 is 11.9 Å². The summed E-state index contributed by atoms with van der Waals surface area (Å²) in [7, 11) is 0. The van der Waals surface area contributed by atoms with Gasteiger partial charge in [-0.05, 0) is 73.5 Å². The second kappa shape index (κ2) is 9.30. The highest BCUT2D eigenvalue weighted by molar-refractivity contribution is 5.97. The van der Waals surface area contributed by atoms with Gasteiger partial charge in [0.25, 0.3) is 5.91 Å². The van der Waals surface area contributed by atoms with E-state index >= 15 is 0 Å². The maximum absolute atomic E-state index is 11.7. The summed E-state index contributed by atoms with van der Waals surface area (Å²) >= 11 is 0. The Morgan fingerprint density at radius 2 is 1.63 bits per heavy atom. The molecule has 2 heterocycles. The molecule has 0 unspecified atom stereocenters. The number of benzene rings is 3. The number of fused-ring (bicyclic) bond motifs is 2. The van der Waals surface area contributed by atoms with Gasteiger partial charge in [0.1, 0.15) is 11.6 Å². The highest BCUT2D eigenvalue weighted by Crippen LogP contribution is 2.37. The zero-order valence-corrected chi connectivity index (χ0v) is 20.6. The van der Waals surface area contributed by atoms with E-state index in [0.29, 0.717) is 22.8 Å². The first kappa shape index (κ1) is 23.7. The number of carbonyl (C=O) groups excluding carboxylic acids is 1. The molecule has 1 saturated carbocycles. The van der Waals surface area contributed by atoms with E-state index in [-0.39, 0.29) is 16.9 Å². The minimum absolute atomic E-state index is 0.0485. The molecule has 1 aliphatic carbocycles. The Morgan fingerprint density at radius 3 is 2.39 bits per heavy atom. The molecule has 8 nitrogen and oxygen atoms in total. The van der Waals surface area contributed by atoms with E-state index in [1.54, 1.807) is 18.2 Å². The molecule has 0 aliphatic heterocycles. The van der Waals surface area contributed by atoms with Crippen molar-refractivity contribution in [2.75, 3.05) is 0 Å². The van der Waals surface area contributed by atoms with Crippen LogP contribution in [0.1, 0.15) is 58.9 Å². The lowest BCUT2D eigenvalue weighted by atomic mass is 9.94. The first-order chi connectivity index (χ1) is 18.4. The van der Waals surface area contributed by atoms with Gasteiger partial charge in [-0.2, -0.15) is 0 Å². The normalized spacial score (nSPS) is 14.2. The van der Waals surface area contributed by atoms with Crippen LogP contribution in [0.3, 0.4) is 0 Å². The van der Waals surface area contributed by atoms with Crippen molar-refractivity contribution < 1.29 is 19.8 Å². The van der Waals surface area contributed by atoms with Crippen LogP contribution in [0.25, 0.3) is 44.6 Å². The van der Waals surface area contributed by atoms with Gasteiger partial charge in [-0.1, -0.05) is 25.3 Å². The molecule has 38 heavy (non-hydrogen) atoms. The van der Waals surface area contributed by atoms with Gasteiger partial charge in [0.15, 0.2) is 0 Å². The fraction of sp³-hybridized carbons (Fsp3) is 0.200. The fourth-order valence-electron chi connectivity index (χ4n) is 5.46. The average Bonchev–Trinajstić information content (AvgIpc) is 3.32. The van der Waals surface area contributed by atoms with Gasteiger partial charge >= 0.3 is 5.97 Å². The Hall–Kier alpha value is -4.72. The number of hydrogen-bond acceptors (Lipinski definition) is 5. The molecule has 0 spiro atoms. The van der Waals surface area contributed by atoms with Crippen molar-refractivity contribution in [3.05, 3.63) is 77.9 Å². The van der Waals surface area contributed by atoms with Crippen molar-refractivity contribution in [3.8, 4) is 28.4 Å². The van der Waals surface area contributed by atoms with Crippen molar-refractivity contribution in [2.24, 2.45) is 5.73 Å². The number of carbonyl (C=O) groups is 2. The molecule has 6 rings (SSSR count). The van der Waals surface area contributed by atoms with Crippen LogP contribution in [0.5, 0.6) is 5.75 Å². The van der Waals surface area contributed by atoms with Gasteiger partial charge < -0.3 is 20.5 Å². The Labute approximate surface area is 218 Å². The molecular formula is C30H26N4O4. The fourth-order valence-corrected chi connectivity index (χ4v) is 5.46. The number of rotatable bonds is 5. The number of carboxylic acid groups (broad SMARTS) is 1. The van der Waals surface area contributed by atoms with E-state index in [0.717, 1.165) is 53.5 Å². The summed E-state index contributed by atoms with van der Waals surface area (Å²) in [6.45, 7) is 0. The third-order valence-corrected chi connectivity index (χ3v) is 7.38. The third-order valence-electron chi connectivity index (χ3n) is 7.38. The molecule has 0 bridgehead atoms. The summed E-state index contributed by atoms with van der Waals surface area (Å²) in [6.07, 6.45) is 5.69. The molecule has 190 valence electrons. The lowest BCUT2D eigenvalue weighted by Crippen LogP contribution is -2.14. The highest BCUT2D eigenvalue weighted by Gasteiger charge is 2.23. The maximum Gasteiger partial charge on any atom is 0.335 e. The van der Waals surface area contributed by atoms with Crippen LogP contribution < -0.4 is 5.73 Å². The van der Waals surface area contributed by atoms with Crippen molar-refractivity contribution >= 4 is 33.8 Å². The number of phenols is 1. The molecule has 0 saturated heterocycles. The summed E-state index contributed by atoms with van der Waals surface area (Å²) in [6, 6.07) is 20.0. The minimum Gasteiger partial charge on any atom is -0.507 e. The van der Waals surface area contributed by atoms with E-state index in [2.05, 4.69) is 10.6 Å². The van der Waals surface area contributed by atoms with Crippen LogP contribution in [-0.4, -0.2) is 36.6 Å². The number of carboxylic acids is 1. The van der Waals surface area contributed by atoms with Crippen LogP contribution >= 0.6 is 0 Å². The Kier molecular flexibility index (Phi) is 5.79. The first-order valence-corrected chi connectivity index (χ1v) is 12.7. The second-order valence-electron chi connectivity index (χ2n) is 9.81. The number of aromatic carboxylic acids is 1. The average molecular weight is 507 g/mol. The molecule has 8 heteroatoms. The van der Waals surface area contributed by atoms with Gasteiger partial charge in [-0.25, -0.2) is 14.8 Å². The van der Waals surface area contributed by atoms with E-state index in [4.69, 9.17) is 15.7 Å². The van der Waals surface area contributed by atoms with Crippen LogP contribution in [0.4, 0.5) is 0 Å². The monoisotopic (exact) mass is 506 g/mol. The number of amides is 1. The van der Waals surface area contributed by atoms with Crippen LogP contribution in [0.2, 0.25) is 0 Å². The quantitative estimate of drug-likeness (QED) is 0.271. The third kappa shape index (κ3) is 4.14. The smallest absolute Gasteiger partial charge is 0.335 e.